The SMILES string of the molecule is Cc1c(NC(=O)[C@H](C)Sc2nnc(-c3cccnc3)n2C2CC2)c(=O)n(-c2ccccc2)n1C. The van der Waals surface area contributed by atoms with Crippen molar-refractivity contribution in [3.63, 3.8) is 0 Å². The molecule has 0 bridgehead atoms. The second-order valence-electron chi connectivity index (χ2n) is 8.33. The number of aromatic nitrogens is 6. The molecule has 0 unspecified atom stereocenters. The number of hydrogen-bond donors (Lipinski definition) is 1. The Morgan fingerprint density at radius 1 is 1.15 bits per heavy atom. The largest absolute Gasteiger partial charge is 0.319 e. The lowest BCUT2D eigenvalue weighted by Gasteiger charge is -2.13. The molecule has 10 heteroatoms. The summed E-state index contributed by atoms with van der Waals surface area (Å²) in [5.41, 5.74) is 2.33. The fourth-order valence-corrected chi connectivity index (χ4v) is 4.78. The minimum atomic E-state index is -0.479. The van der Waals surface area contributed by atoms with E-state index in [2.05, 4.69) is 25.1 Å². The Hall–Kier alpha value is -3.66. The van der Waals surface area contributed by atoms with Gasteiger partial charge in [0.15, 0.2) is 11.0 Å². The van der Waals surface area contributed by atoms with Crippen molar-refractivity contribution in [3.8, 4) is 17.1 Å². The summed E-state index contributed by atoms with van der Waals surface area (Å²) in [6.07, 6.45) is 5.60. The predicted molar refractivity (Wildman–Crippen MR) is 131 cm³/mol. The second kappa shape index (κ2) is 8.94. The number of thioether (sulfide) groups is 1. The first-order valence-corrected chi connectivity index (χ1v) is 12.0. The first kappa shape index (κ1) is 22.1. The Morgan fingerprint density at radius 3 is 2.59 bits per heavy atom. The van der Waals surface area contributed by atoms with E-state index in [1.165, 1.54) is 11.8 Å². The highest BCUT2D eigenvalue weighted by atomic mass is 32.2. The van der Waals surface area contributed by atoms with Crippen molar-refractivity contribution in [3.05, 3.63) is 70.9 Å². The molecular formula is C24H25N7O2S. The van der Waals surface area contributed by atoms with Crippen LogP contribution in [0.3, 0.4) is 0 Å². The molecule has 1 aromatic carbocycles. The zero-order valence-electron chi connectivity index (χ0n) is 19.2. The zero-order valence-corrected chi connectivity index (χ0v) is 20.0. The molecule has 4 aromatic rings. The maximum absolute atomic E-state index is 13.1. The first-order chi connectivity index (χ1) is 16.5. The highest BCUT2D eigenvalue weighted by Gasteiger charge is 2.32. The Morgan fingerprint density at radius 2 is 1.91 bits per heavy atom. The molecule has 1 N–H and O–H groups in total. The van der Waals surface area contributed by atoms with Crippen LogP contribution in [0.5, 0.6) is 0 Å². The Bertz CT molecular complexity index is 1390. The van der Waals surface area contributed by atoms with Crippen LogP contribution in [0.25, 0.3) is 17.1 Å². The summed E-state index contributed by atoms with van der Waals surface area (Å²) in [4.78, 5) is 30.4. The third-order valence-electron chi connectivity index (χ3n) is 5.95. The van der Waals surface area contributed by atoms with Crippen molar-refractivity contribution in [2.75, 3.05) is 5.32 Å². The fourth-order valence-electron chi connectivity index (χ4n) is 3.86. The van der Waals surface area contributed by atoms with E-state index in [4.69, 9.17) is 0 Å². The Kier molecular flexibility index (Phi) is 5.82. The van der Waals surface area contributed by atoms with Crippen molar-refractivity contribution in [1.29, 1.82) is 0 Å². The van der Waals surface area contributed by atoms with E-state index >= 15 is 0 Å². The van der Waals surface area contributed by atoms with Crippen LogP contribution in [0.1, 0.15) is 31.5 Å². The number of anilines is 1. The van der Waals surface area contributed by atoms with Crippen LogP contribution < -0.4 is 10.9 Å². The van der Waals surface area contributed by atoms with E-state index < -0.39 is 5.25 Å². The van der Waals surface area contributed by atoms with E-state index in [9.17, 15) is 9.59 Å². The monoisotopic (exact) mass is 475 g/mol. The third kappa shape index (κ3) is 4.05. The molecule has 9 nitrogen and oxygen atoms in total. The summed E-state index contributed by atoms with van der Waals surface area (Å²) < 4.78 is 5.39. The minimum Gasteiger partial charge on any atom is -0.319 e. The lowest BCUT2D eigenvalue weighted by Crippen LogP contribution is -2.27. The lowest BCUT2D eigenvalue weighted by atomic mass is 10.3. The summed E-state index contributed by atoms with van der Waals surface area (Å²) in [5.74, 6) is 0.500. The van der Waals surface area contributed by atoms with Gasteiger partial charge in [-0.25, -0.2) is 4.68 Å². The second-order valence-corrected chi connectivity index (χ2v) is 9.64. The molecule has 5 rings (SSSR count). The smallest absolute Gasteiger partial charge is 0.295 e. The molecule has 1 atom stereocenters. The quantitative estimate of drug-likeness (QED) is 0.410. The molecule has 1 fully saturated rings. The Labute approximate surface area is 200 Å². The number of para-hydroxylation sites is 1. The summed E-state index contributed by atoms with van der Waals surface area (Å²) in [5, 5.41) is 11.8. The topological polar surface area (TPSA) is 99.6 Å². The van der Waals surface area contributed by atoms with Crippen molar-refractivity contribution < 1.29 is 4.79 Å². The van der Waals surface area contributed by atoms with Crippen LogP contribution in [0, 0.1) is 6.92 Å². The molecule has 1 aliphatic carbocycles. The molecule has 1 saturated carbocycles. The number of nitrogens with zero attached hydrogens (tertiary/aromatic N) is 6. The zero-order chi connectivity index (χ0) is 23.8. The summed E-state index contributed by atoms with van der Waals surface area (Å²) in [6, 6.07) is 13.5. The molecule has 3 aromatic heterocycles. The maximum atomic E-state index is 13.1. The number of benzene rings is 1. The number of amides is 1. The van der Waals surface area contributed by atoms with Gasteiger partial charge < -0.3 is 5.32 Å². The highest BCUT2D eigenvalue weighted by Crippen LogP contribution is 2.41. The van der Waals surface area contributed by atoms with Crippen LogP contribution in [0.15, 0.2) is 64.8 Å². The molecule has 0 saturated heterocycles. The van der Waals surface area contributed by atoms with E-state index in [1.807, 2.05) is 56.3 Å². The van der Waals surface area contributed by atoms with Crippen LogP contribution in [-0.4, -0.2) is 40.3 Å². The van der Waals surface area contributed by atoms with Gasteiger partial charge in [-0.1, -0.05) is 30.0 Å². The molecule has 1 amide bonds. The van der Waals surface area contributed by atoms with Gasteiger partial charge in [-0.05, 0) is 51.0 Å². The van der Waals surface area contributed by atoms with Crippen molar-refractivity contribution >= 4 is 23.4 Å². The average Bonchev–Trinajstić information content (AvgIpc) is 3.58. The number of carbonyl (C=O) groups is 1. The van der Waals surface area contributed by atoms with E-state index in [1.54, 1.807) is 28.8 Å². The average molecular weight is 476 g/mol. The summed E-state index contributed by atoms with van der Waals surface area (Å²) >= 11 is 1.34. The molecule has 174 valence electrons. The van der Waals surface area contributed by atoms with Crippen molar-refractivity contribution in [2.24, 2.45) is 7.05 Å². The van der Waals surface area contributed by atoms with Gasteiger partial charge in [-0.15, -0.1) is 10.2 Å². The molecule has 0 spiro atoms. The minimum absolute atomic E-state index is 0.260. The van der Waals surface area contributed by atoms with Gasteiger partial charge in [0, 0.05) is 31.0 Å². The molecule has 0 radical (unpaired) electrons. The molecule has 34 heavy (non-hydrogen) atoms. The molecule has 3 heterocycles. The van der Waals surface area contributed by atoms with Gasteiger partial charge in [0.25, 0.3) is 5.56 Å². The number of nitrogens with one attached hydrogen (secondary N) is 1. The van der Waals surface area contributed by atoms with E-state index in [0.29, 0.717) is 16.9 Å². The summed E-state index contributed by atoms with van der Waals surface area (Å²) in [7, 11) is 1.80. The highest BCUT2D eigenvalue weighted by molar-refractivity contribution is 8.00. The van der Waals surface area contributed by atoms with E-state index in [-0.39, 0.29) is 17.2 Å². The number of rotatable bonds is 7. The number of hydrogen-bond acceptors (Lipinski definition) is 6. The normalized spacial score (nSPS) is 14.2. The van der Waals surface area contributed by atoms with Crippen LogP contribution in [-0.2, 0) is 11.8 Å². The molecule has 1 aliphatic rings. The van der Waals surface area contributed by atoms with Crippen molar-refractivity contribution in [1.82, 2.24) is 29.1 Å². The molecular weight excluding hydrogens is 450 g/mol. The van der Waals surface area contributed by atoms with Gasteiger partial charge in [-0.3, -0.25) is 23.8 Å². The predicted octanol–water partition coefficient (Wildman–Crippen LogP) is 3.59. The van der Waals surface area contributed by atoms with Crippen LogP contribution in [0.4, 0.5) is 5.69 Å². The van der Waals surface area contributed by atoms with Crippen molar-refractivity contribution in [2.45, 2.75) is 43.1 Å². The fraction of sp³-hybridized carbons (Fsp3) is 0.292. The Balaban J connectivity index is 1.38. The number of carbonyl (C=O) groups excluding carboxylic acids is 1. The first-order valence-electron chi connectivity index (χ1n) is 11.1. The number of pyridine rings is 1. The van der Waals surface area contributed by atoms with Gasteiger partial charge in [-0.2, -0.15) is 0 Å². The van der Waals surface area contributed by atoms with Gasteiger partial charge >= 0.3 is 0 Å². The summed E-state index contributed by atoms with van der Waals surface area (Å²) in [6.45, 7) is 3.63. The molecule has 0 aliphatic heterocycles. The van der Waals surface area contributed by atoms with Gasteiger partial charge in [0.05, 0.1) is 16.6 Å². The lowest BCUT2D eigenvalue weighted by molar-refractivity contribution is -0.115. The third-order valence-corrected chi connectivity index (χ3v) is 7.01. The maximum Gasteiger partial charge on any atom is 0.295 e. The van der Waals surface area contributed by atoms with Gasteiger partial charge in [0.1, 0.15) is 5.69 Å². The standard InChI is InChI=1S/C24H25N7O2S/c1-15-20(23(33)31(29(15)3)19-9-5-4-6-10-19)26-22(32)16(2)34-24-28-27-21(30(24)18-11-12-18)17-8-7-13-25-14-17/h4-10,13-14,16,18H,11-12H2,1-3H3,(H,26,32)/t16-/m0/s1. The van der Waals surface area contributed by atoms with Crippen LogP contribution in [0.2, 0.25) is 0 Å². The van der Waals surface area contributed by atoms with E-state index in [0.717, 1.165) is 29.9 Å². The van der Waals surface area contributed by atoms with Crippen LogP contribution >= 0.6 is 11.8 Å². The van der Waals surface area contributed by atoms with Gasteiger partial charge in [0.2, 0.25) is 5.91 Å².